The van der Waals surface area contributed by atoms with E-state index in [9.17, 15) is 14.4 Å². The summed E-state index contributed by atoms with van der Waals surface area (Å²) in [5.41, 5.74) is 6.48. The highest BCUT2D eigenvalue weighted by molar-refractivity contribution is 7.07. The topological polar surface area (TPSA) is 124 Å². The summed E-state index contributed by atoms with van der Waals surface area (Å²) in [6.45, 7) is 3.31. The van der Waals surface area contributed by atoms with E-state index < -0.39 is 23.9 Å². The second kappa shape index (κ2) is 7.64. The number of carbonyl (C=O) groups is 3. The third kappa shape index (κ3) is 4.13. The number of benzene rings is 1. The molecule has 0 radical (unpaired) electrons. The number of carbonyl (C=O) groups excluding carboxylic acids is 3. The lowest BCUT2D eigenvalue weighted by Gasteiger charge is -2.13. The molecule has 0 bridgehead atoms. The van der Waals surface area contributed by atoms with Crippen molar-refractivity contribution < 1.29 is 19.1 Å². The number of amides is 2. The van der Waals surface area contributed by atoms with Crippen molar-refractivity contribution in [3.8, 4) is 0 Å². The summed E-state index contributed by atoms with van der Waals surface area (Å²) in [5.74, 6) is -1.68. The van der Waals surface area contributed by atoms with Gasteiger partial charge in [0.1, 0.15) is 0 Å². The summed E-state index contributed by atoms with van der Waals surface area (Å²) in [6, 6.07) is 6.06. The molecule has 0 fully saturated rings. The molecule has 3 N–H and O–H groups in total. The van der Waals surface area contributed by atoms with E-state index in [2.05, 4.69) is 14.9 Å². The molecule has 1 heterocycles. The van der Waals surface area contributed by atoms with Crippen LogP contribution in [0.1, 0.15) is 39.6 Å². The smallest absolute Gasteiger partial charge is 0.352 e. The maximum absolute atomic E-state index is 12.1. The number of nitrogens with one attached hydrogen (secondary N) is 1. The predicted octanol–water partition coefficient (Wildman–Crippen LogP) is 1.38. The highest BCUT2D eigenvalue weighted by atomic mass is 32.1. The Balaban J connectivity index is 1.96. The summed E-state index contributed by atoms with van der Waals surface area (Å²) in [4.78, 5) is 35.4. The molecule has 9 heteroatoms. The van der Waals surface area contributed by atoms with Gasteiger partial charge in [0.15, 0.2) is 11.0 Å². The second-order valence-electron chi connectivity index (χ2n) is 4.88. The van der Waals surface area contributed by atoms with Gasteiger partial charge in [0, 0.05) is 11.3 Å². The minimum atomic E-state index is -1.000. The van der Waals surface area contributed by atoms with Crippen molar-refractivity contribution in [1.82, 2.24) is 9.59 Å². The van der Waals surface area contributed by atoms with Gasteiger partial charge in [-0.25, -0.2) is 4.79 Å². The molecule has 2 rings (SSSR count). The van der Waals surface area contributed by atoms with Crippen molar-refractivity contribution in [1.29, 1.82) is 0 Å². The van der Waals surface area contributed by atoms with Gasteiger partial charge in [-0.15, -0.1) is 5.10 Å². The van der Waals surface area contributed by atoms with E-state index in [1.165, 1.54) is 31.2 Å². The Bertz CT molecular complexity index is 757. The molecular formula is C15H16N4O4S. The highest BCUT2D eigenvalue weighted by Crippen LogP contribution is 2.15. The van der Waals surface area contributed by atoms with Crippen LogP contribution >= 0.6 is 11.5 Å². The number of anilines is 1. The lowest BCUT2D eigenvalue weighted by atomic mass is 10.2. The zero-order chi connectivity index (χ0) is 17.7. The molecular weight excluding hydrogens is 332 g/mol. The molecule has 0 aliphatic rings. The van der Waals surface area contributed by atoms with Crippen LogP contribution in [0.15, 0.2) is 24.3 Å². The quantitative estimate of drug-likeness (QED) is 0.760. The number of ether oxygens (including phenoxy) is 1. The van der Waals surface area contributed by atoms with Crippen LogP contribution in [0, 0.1) is 0 Å². The van der Waals surface area contributed by atoms with E-state index in [0.29, 0.717) is 28.2 Å². The first kappa shape index (κ1) is 17.5. The fourth-order valence-corrected chi connectivity index (χ4v) is 2.46. The normalized spacial score (nSPS) is 11.6. The summed E-state index contributed by atoms with van der Waals surface area (Å²) in [5, 5.41) is 6.42. The Kier molecular flexibility index (Phi) is 5.59. The second-order valence-corrected chi connectivity index (χ2v) is 5.63. The average Bonchev–Trinajstić information content (AvgIpc) is 3.04. The van der Waals surface area contributed by atoms with Crippen LogP contribution in [0.4, 0.5) is 5.69 Å². The lowest BCUT2D eigenvalue weighted by Crippen LogP contribution is -2.30. The van der Waals surface area contributed by atoms with E-state index in [1.807, 2.05) is 6.92 Å². The zero-order valence-electron chi connectivity index (χ0n) is 13.1. The standard InChI is InChI=1S/C15H16N4O4S/c1-3-11-12(24-19-18-11)15(22)23-8(2)14(21)17-10-6-4-9(5-7-10)13(16)20/h4-8H,3H2,1-2H3,(H2,16,20)(H,17,21)/t8-/m1/s1. The largest absolute Gasteiger partial charge is 0.448 e. The number of nitrogens with two attached hydrogens (primary N) is 1. The number of primary amides is 1. The van der Waals surface area contributed by atoms with Gasteiger partial charge in [0.2, 0.25) is 5.91 Å². The Morgan fingerprint density at radius 1 is 1.29 bits per heavy atom. The van der Waals surface area contributed by atoms with Crippen LogP contribution in [0.5, 0.6) is 0 Å². The van der Waals surface area contributed by atoms with Crippen LogP contribution in [0.3, 0.4) is 0 Å². The first-order valence-corrected chi connectivity index (χ1v) is 7.92. The Hall–Kier alpha value is -2.81. The van der Waals surface area contributed by atoms with Gasteiger partial charge in [-0.3, -0.25) is 9.59 Å². The predicted molar refractivity (Wildman–Crippen MR) is 87.8 cm³/mol. The fourth-order valence-electron chi connectivity index (χ4n) is 1.82. The van der Waals surface area contributed by atoms with Crippen molar-refractivity contribution >= 4 is 35.0 Å². The molecule has 1 aromatic carbocycles. The number of esters is 1. The van der Waals surface area contributed by atoms with Gasteiger partial charge < -0.3 is 15.8 Å². The van der Waals surface area contributed by atoms with Crippen LogP contribution < -0.4 is 11.1 Å². The summed E-state index contributed by atoms with van der Waals surface area (Å²) < 4.78 is 8.85. The lowest BCUT2D eigenvalue weighted by molar-refractivity contribution is -0.123. The van der Waals surface area contributed by atoms with Gasteiger partial charge in [-0.1, -0.05) is 11.4 Å². The van der Waals surface area contributed by atoms with E-state index in [4.69, 9.17) is 10.5 Å². The maximum Gasteiger partial charge on any atom is 0.352 e. The van der Waals surface area contributed by atoms with E-state index in [-0.39, 0.29) is 0 Å². The van der Waals surface area contributed by atoms with Crippen LogP contribution in [-0.2, 0) is 16.0 Å². The van der Waals surface area contributed by atoms with Gasteiger partial charge in [-0.2, -0.15) is 0 Å². The van der Waals surface area contributed by atoms with Crippen molar-refractivity contribution in [3.05, 3.63) is 40.4 Å². The number of nitrogens with zero attached hydrogens (tertiary/aromatic N) is 2. The average molecular weight is 348 g/mol. The fraction of sp³-hybridized carbons (Fsp3) is 0.267. The maximum atomic E-state index is 12.1. The molecule has 1 aromatic heterocycles. The van der Waals surface area contributed by atoms with E-state index in [1.54, 1.807) is 0 Å². The van der Waals surface area contributed by atoms with Gasteiger partial charge in [-0.05, 0) is 49.1 Å². The van der Waals surface area contributed by atoms with Crippen LogP contribution in [-0.4, -0.2) is 33.5 Å². The molecule has 24 heavy (non-hydrogen) atoms. The number of hydrogen-bond donors (Lipinski definition) is 2. The van der Waals surface area contributed by atoms with Crippen molar-refractivity contribution in [2.45, 2.75) is 26.4 Å². The minimum Gasteiger partial charge on any atom is -0.448 e. The SMILES string of the molecule is CCc1nnsc1C(=O)O[C@H](C)C(=O)Nc1ccc(C(N)=O)cc1. The van der Waals surface area contributed by atoms with Crippen molar-refractivity contribution in [3.63, 3.8) is 0 Å². The summed E-state index contributed by atoms with van der Waals surface area (Å²) >= 11 is 0.933. The third-order valence-electron chi connectivity index (χ3n) is 3.17. The Morgan fingerprint density at radius 3 is 2.54 bits per heavy atom. The first-order valence-electron chi connectivity index (χ1n) is 7.15. The van der Waals surface area contributed by atoms with E-state index in [0.717, 1.165) is 11.5 Å². The molecule has 8 nitrogen and oxygen atoms in total. The molecule has 0 aliphatic carbocycles. The molecule has 0 unspecified atom stereocenters. The monoisotopic (exact) mass is 348 g/mol. The molecule has 1 atom stereocenters. The number of hydrogen-bond acceptors (Lipinski definition) is 7. The number of aryl methyl sites for hydroxylation is 1. The minimum absolute atomic E-state index is 0.294. The molecule has 2 amide bonds. The molecule has 0 saturated carbocycles. The van der Waals surface area contributed by atoms with Crippen molar-refractivity contribution in [2.24, 2.45) is 5.73 Å². The summed E-state index contributed by atoms with van der Waals surface area (Å²) in [6.07, 6.45) is -0.451. The van der Waals surface area contributed by atoms with Gasteiger partial charge in [0.05, 0.1) is 5.69 Å². The number of rotatable bonds is 6. The third-order valence-corrected chi connectivity index (χ3v) is 3.91. The van der Waals surface area contributed by atoms with Gasteiger partial charge in [0.25, 0.3) is 5.91 Å². The van der Waals surface area contributed by atoms with Crippen LogP contribution in [0.2, 0.25) is 0 Å². The molecule has 0 saturated heterocycles. The molecule has 0 spiro atoms. The molecule has 126 valence electrons. The first-order chi connectivity index (χ1) is 11.4. The Morgan fingerprint density at radius 2 is 1.96 bits per heavy atom. The highest BCUT2D eigenvalue weighted by Gasteiger charge is 2.23. The zero-order valence-corrected chi connectivity index (χ0v) is 13.9. The summed E-state index contributed by atoms with van der Waals surface area (Å²) in [7, 11) is 0. The molecule has 2 aromatic rings. The number of aromatic nitrogens is 2. The van der Waals surface area contributed by atoms with Crippen LogP contribution in [0.25, 0.3) is 0 Å². The van der Waals surface area contributed by atoms with Gasteiger partial charge >= 0.3 is 5.97 Å². The molecule has 0 aliphatic heterocycles. The Labute approximate surface area is 142 Å². The van der Waals surface area contributed by atoms with Crippen molar-refractivity contribution in [2.75, 3.05) is 5.32 Å². The van der Waals surface area contributed by atoms with E-state index >= 15 is 0 Å².